The second kappa shape index (κ2) is 9.74. The number of para-hydroxylation sites is 1. The van der Waals surface area contributed by atoms with E-state index in [0.717, 1.165) is 36.7 Å². The molecule has 3 aromatic rings. The van der Waals surface area contributed by atoms with E-state index in [0.29, 0.717) is 16.3 Å². The summed E-state index contributed by atoms with van der Waals surface area (Å²) in [6.45, 7) is 3.09. The number of likely N-dealkylation sites (tertiary alicyclic amines) is 1. The van der Waals surface area contributed by atoms with E-state index in [1.807, 2.05) is 48.5 Å². The zero-order valence-corrected chi connectivity index (χ0v) is 17.5. The molecule has 0 atom stereocenters. The van der Waals surface area contributed by atoms with Crippen LogP contribution in [0.4, 0.5) is 17.1 Å². The maximum absolute atomic E-state index is 12.7. The van der Waals surface area contributed by atoms with Gasteiger partial charge >= 0.3 is 0 Å². The number of carbonyl (C=O) groups excluding carboxylic acids is 1. The summed E-state index contributed by atoms with van der Waals surface area (Å²) in [5, 5.41) is 6.78. The van der Waals surface area contributed by atoms with Gasteiger partial charge in [-0.2, -0.15) is 0 Å². The zero-order valence-electron chi connectivity index (χ0n) is 16.8. The first kappa shape index (κ1) is 20.4. The summed E-state index contributed by atoms with van der Waals surface area (Å²) >= 11 is 6.31. The highest BCUT2D eigenvalue weighted by molar-refractivity contribution is 6.33. The first-order valence-corrected chi connectivity index (χ1v) is 10.7. The van der Waals surface area contributed by atoms with Crippen molar-refractivity contribution in [2.75, 3.05) is 23.7 Å². The van der Waals surface area contributed by atoms with Crippen LogP contribution in [0.3, 0.4) is 0 Å². The number of anilines is 3. The van der Waals surface area contributed by atoms with Crippen molar-refractivity contribution >= 4 is 34.6 Å². The maximum atomic E-state index is 12.7. The van der Waals surface area contributed by atoms with Crippen LogP contribution in [0.5, 0.6) is 0 Å². The molecule has 0 bridgehead atoms. The van der Waals surface area contributed by atoms with Crippen LogP contribution in [0.15, 0.2) is 66.9 Å². The predicted octanol–water partition coefficient (Wildman–Crippen LogP) is 5.72. The normalized spacial score (nSPS) is 14.3. The predicted molar refractivity (Wildman–Crippen MR) is 122 cm³/mol. The van der Waals surface area contributed by atoms with E-state index in [-0.39, 0.29) is 5.91 Å². The van der Waals surface area contributed by atoms with E-state index >= 15 is 0 Å². The fourth-order valence-electron chi connectivity index (χ4n) is 3.58. The molecule has 2 N–H and O–H groups in total. The van der Waals surface area contributed by atoms with Crippen LogP contribution in [0.25, 0.3) is 0 Å². The van der Waals surface area contributed by atoms with Gasteiger partial charge in [-0.05, 0) is 68.4 Å². The molecule has 1 aromatic heterocycles. The van der Waals surface area contributed by atoms with Gasteiger partial charge in [0.2, 0.25) is 0 Å². The molecule has 1 aliphatic rings. The van der Waals surface area contributed by atoms with E-state index in [1.165, 1.54) is 19.3 Å². The molecule has 5 nitrogen and oxygen atoms in total. The van der Waals surface area contributed by atoms with Gasteiger partial charge in [0.25, 0.3) is 5.91 Å². The highest BCUT2D eigenvalue weighted by atomic mass is 35.5. The van der Waals surface area contributed by atoms with Gasteiger partial charge in [-0.25, -0.2) is 0 Å². The van der Waals surface area contributed by atoms with Crippen molar-refractivity contribution in [1.82, 2.24) is 9.88 Å². The van der Waals surface area contributed by atoms with Gasteiger partial charge in [-0.3, -0.25) is 14.7 Å². The Morgan fingerprint density at radius 3 is 2.50 bits per heavy atom. The summed E-state index contributed by atoms with van der Waals surface area (Å²) in [7, 11) is 0. The number of amides is 1. The number of nitrogens with one attached hydrogen (secondary N) is 2. The second-order valence-electron chi connectivity index (χ2n) is 7.51. The number of hydrogen-bond acceptors (Lipinski definition) is 4. The number of rotatable bonds is 6. The molecule has 0 saturated carbocycles. The molecule has 0 unspecified atom stereocenters. The molecule has 0 radical (unpaired) electrons. The number of nitrogens with zero attached hydrogens (tertiary/aromatic N) is 2. The van der Waals surface area contributed by atoms with Crippen molar-refractivity contribution in [3.8, 4) is 0 Å². The Labute approximate surface area is 182 Å². The third-order valence-electron chi connectivity index (χ3n) is 5.20. The summed E-state index contributed by atoms with van der Waals surface area (Å²) in [6, 6.07) is 18.9. The van der Waals surface area contributed by atoms with Gasteiger partial charge in [-0.15, -0.1) is 0 Å². The molecule has 2 heterocycles. The van der Waals surface area contributed by atoms with E-state index in [1.54, 1.807) is 18.3 Å². The number of aromatic nitrogens is 1. The van der Waals surface area contributed by atoms with Crippen LogP contribution in [0, 0.1) is 0 Å². The lowest BCUT2D eigenvalue weighted by atomic mass is 10.1. The van der Waals surface area contributed by atoms with Crippen LogP contribution in [0.2, 0.25) is 5.02 Å². The fraction of sp³-hybridized carbons (Fsp3) is 0.250. The Morgan fingerprint density at radius 1 is 0.967 bits per heavy atom. The molecule has 2 aromatic carbocycles. The Morgan fingerprint density at radius 2 is 1.77 bits per heavy atom. The van der Waals surface area contributed by atoms with Crippen LogP contribution in [-0.4, -0.2) is 28.9 Å². The van der Waals surface area contributed by atoms with Crippen molar-refractivity contribution < 1.29 is 4.79 Å². The molecule has 0 spiro atoms. The van der Waals surface area contributed by atoms with Gasteiger partial charge in [0.05, 0.1) is 22.0 Å². The largest absolute Gasteiger partial charge is 0.354 e. The summed E-state index contributed by atoms with van der Waals surface area (Å²) in [6.07, 6.45) is 5.47. The average molecular weight is 421 g/mol. The molecule has 1 saturated heterocycles. The lowest BCUT2D eigenvalue weighted by molar-refractivity contribution is 0.102. The Balaban J connectivity index is 1.40. The molecule has 0 aliphatic carbocycles. The maximum Gasteiger partial charge on any atom is 0.257 e. The Hall–Kier alpha value is -2.89. The molecule has 1 amide bonds. The SMILES string of the molecule is O=C(Nc1ccc(Cl)c(Nc2ccccc2)c1)c1ccc(CN2CCCCC2)nc1. The molecule has 154 valence electrons. The smallest absolute Gasteiger partial charge is 0.257 e. The fourth-order valence-corrected chi connectivity index (χ4v) is 3.74. The minimum absolute atomic E-state index is 0.194. The second-order valence-corrected chi connectivity index (χ2v) is 7.92. The van der Waals surface area contributed by atoms with Gasteiger partial charge in [-0.1, -0.05) is 36.2 Å². The van der Waals surface area contributed by atoms with Gasteiger partial charge in [0.1, 0.15) is 0 Å². The number of piperidine rings is 1. The minimum atomic E-state index is -0.194. The van der Waals surface area contributed by atoms with Crippen LogP contribution in [0.1, 0.15) is 35.3 Å². The summed E-state index contributed by atoms with van der Waals surface area (Å²) < 4.78 is 0. The number of pyridine rings is 1. The molecular formula is C24H25ClN4O. The molecule has 1 aliphatic heterocycles. The molecule has 4 rings (SSSR count). The summed E-state index contributed by atoms with van der Waals surface area (Å²) in [5.74, 6) is -0.194. The van der Waals surface area contributed by atoms with Gasteiger partial charge < -0.3 is 10.6 Å². The van der Waals surface area contributed by atoms with Gasteiger partial charge in [0, 0.05) is 24.1 Å². The average Bonchev–Trinajstić information content (AvgIpc) is 2.78. The van der Waals surface area contributed by atoms with Crippen LogP contribution < -0.4 is 10.6 Å². The number of hydrogen-bond donors (Lipinski definition) is 2. The molecule has 30 heavy (non-hydrogen) atoms. The lowest BCUT2D eigenvalue weighted by Crippen LogP contribution is -2.29. The van der Waals surface area contributed by atoms with Crippen molar-refractivity contribution in [2.45, 2.75) is 25.8 Å². The first-order chi connectivity index (χ1) is 14.7. The standard InChI is InChI=1S/C24H25ClN4O/c25-22-12-11-20(15-23(22)27-19-7-3-1-4-8-19)28-24(30)18-9-10-21(26-16-18)17-29-13-5-2-6-14-29/h1,3-4,7-12,15-16,27H,2,5-6,13-14,17H2,(H,28,30). The number of carbonyl (C=O) groups is 1. The van der Waals surface area contributed by atoms with Crippen molar-refractivity contribution in [3.63, 3.8) is 0 Å². The summed E-state index contributed by atoms with van der Waals surface area (Å²) in [5.41, 5.74) is 3.85. The first-order valence-electron chi connectivity index (χ1n) is 10.3. The monoisotopic (exact) mass is 420 g/mol. The van der Waals surface area contributed by atoms with Crippen molar-refractivity contribution in [1.29, 1.82) is 0 Å². The van der Waals surface area contributed by atoms with E-state index in [2.05, 4.69) is 20.5 Å². The quantitative estimate of drug-likeness (QED) is 0.535. The van der Waals surface area contributed by atoms with E-state index in [9.17, 15) is 4.79 Å². The molecule has 6 heteroatoms. The third-order valence-corrected chi connectivity index (χ3v) is 5.53. The minimum Gasteiger partial charge on any atom is -0.354 e. The Bertz CT molecular complexity index is 986. The Kier molecular flexibility index (Phi) is 6.62. The van der Waals surface area contributed by atoms with Crippen molar-refractivity contribution in [3.05, 3.63) is 83.1 Å². The zero-order chi connectivity index (χ0) is 20.8. The van der Waals surface area contributed by atoms with Gasteiger partial charge in [0.15, 0.2) is 0 Å². The number of halogens is 1. The van der Waals surface area contributed by atoms with Crippen LogP contribution >= 0.6 is 11.6 Å². The van der Waals surface area contributed by atoms with Crippen molar-refractivity contribution in [2.24, 2.45) is 0 Å². The highest BCUT2D eigenvalue weighted by Gasteiger charge is 2.13. The third kappa shape index (κ3) is 5.38. The van der Waals surface area contributed by atoms with Crippen LogP contribution in [-0.2, 0) is 6.54 Å². The topological polar surface area (TPSA) is 57.3 Å². The molecule has 1 fully saturated rings. The lowest BCUT2D eigenvalue weighted by Gasteiger charge is -2.25. The van der Waals surface area contributed by atoms with E-state index < -0.39 is 0 Å². The number of benzene rings is 2. The summed E-state index contributed by atoms with van der Waals surface area (Å²) in [4.78, 5) is 19.6. The van der Waals surface area contributed by atoms with E-state index in [4.69, 9.17) is 11.6 Å². The molecular weight excluding hydrogens is 396 g/mol. The highest BCUT2D eigenvalue weighted by Crippen LogP contribution is 2.28.